The Hall–Kier alpha value is -2.28. The van der Waals surface area contributed by atoms with Crippen LogP contribution in [0.15, 0.2) is 30.3 Å². The highest BCUT2D eigenvalue weighted by Gasteiger charge is 2.09. The van der Waals surface area contributed by atoms with E-state index in [0.29, 0.717) is 30.1 Å². The molecule has 0 aliphatic carbocycles. The van der Waals surface area contributed by atoms with Crippen molar-refractivity contribution in [3.05, 3.63) is 40.9 Å². The zero-order chi connectivity index (χ0) is 17.9. The Balaban J connectivity index is 1.63. The molecule has 6 nitrogen and oxygen atoms in total. The highest BCUT2D eigenvalue weighted by Crippen LogP contribution is 2.17. The number of hydrogen-bond acceptors (Lipinski definition) is 5. The Labute approximate surface area is 152 Å². The first kappa shape index (κ1) is 19.1. The Morgan fingerprint density at radius 1 is 1.08 bits per heavy atom. The Morgan fingerprint density at radius 3 is 2.64 bits per heavy atom. The lowest BCUT2D eigenvalue weighted by Crippen LogP contribution is -2.25. The molecule has 0 radical (unpaired) electrons. The van der Waals surface area contributed by atoms with Gasteiger partial charge in [-0.1, -0.05) is 49.3 Å². The first-order valence-electron chi connectivity index (χ1n) is 8.64. The molecule has 134 valence electrons. The topological polar surface area (TPSA) is 84.0 Å². The summed E-state index contributed by atoms with van der Waals surface area (Å²) in [7, 11) is 0. The fourth-order valence-electron chi connectivity index (χ4n) is 2.26. The third-order valence-corrected chi connectivity index (χ3v) is 4.51. The lowest BCUT2D eigenvalue weighted by molar-refractivity contribution is -0.116. The summed E-state index contributed by atoms with van der Waals surface area (Å²) >= 11 is 1.43. The summed E-state index contributed by atoms with van der Waals surface area (Å²) in [6, 6.07) is 9.02. The van der Waals surface area contributed by atoms with E-state index in [2.05, 4.69) is 27.8 Å². The van der Waals surface area contributed by atoms with Gasteiger partial charge in [-0.3, -0.25) is 9.59 Å². The quantitative estimate of drug-likeness (QED) is 0.636. The van der Waals surface area contributed by atoms with Gasteiger partial charge in [-0.25, -0.2) is 0 Å². The van der Waals surface area contributed by atoms with Crippen molar-refractivity contribution in [3.63, 3.8) is 0 Å². The van der Waals surface area contributed by atoms with Gasteiger partial charge in [-0.15, -0.1) is 10.2 Å². The molecule has 0 saturated carbocycles. The highest BCUT2D eigenvalue weighted by molar-refractivity contribution is 7.15. The number of amides is 2. The van der Waals surface area contributed by atoms with Crippen molar-refractivity contribution in [1.29, 1.82) is 0 Å². The second-order valence-electron chi connectivity index (χ2n) is 5.73. The van der Waals surface area contributed by atoms with E-state index < -0.39 is 0 Å². The summed E-state index contributed by atoms with van der Waals surface area (Å²) in [6.45, 7) is 2.62. The summed E-state index contributed by atoms with van der Waals surface area (Å²) in [5, 5.41) is 15.2. The molecule has 2 rings (SSSR count). The van der Waals surface area contributed by atoms with Crippen LogP contribution in [0.5, 0.6) is 0 Å². The zero-order valence-electron chi connectivity index (χ0n) is 14.5. The van der Waals surface area contributed by atoms with Gasteiger partial charge in [0.15, 0.2) is 0 Å². The molecule has 1 aromatic carbocycles. The molecule has 0 bridgehead atoms. The number of carbonyl (C=O) groups excluding carboxylic acids is 2. The fraction of sp³-hybridized carbons (Fsp3) is 0.444. The molecule has 0 fully saturated rings. The van der Waals surface area contributed by atoms with Crippen LogP contribution in [-0.2, 0) is 11.2 Å². The highest BCUT2D eigenvalue weighted by atomic mass is 32.1. The molecule has 7 heteroatoms. The maximum Gasteiger partial charge on any atom is 0.251 e. The van der Waals surface area contributed by atoms with E-state index in [0.717, 1.165) is 17.8 Å². The molecular weight excluding hydrogens is 336 g/mol. The minimum atomic E-state index is -0.123. The molecular formula is C18H24N4O2S. The van der Waals surface area contributed by atoms with Crippen LogP contribution in [0.1, 0.15) is 54.4 Å². The number of aromatic nitrogens is 2. The number of unbranched alkanes of at least 4 members (excludes halogenated alkanes) is 2. The normalized spacial score (nSPS) is 10.4. The molecule has 1 aromatic heterocycles. The molecule has 0 unspecified atom stereocenters. The molecule has 0 aliphatic heterocycles. The summed E-state index contributed by atoms with van der Waals surface area (Å²) in [6.07, 6.45) is 5.26. The molecule has 25 heavy (non-hydrogen) atoms. The van der Waals surface area contributed by atoms with Crippen LogP contribution < -0.4 is 10.6 Å². The van der Waals surface area contributed by atoms with Crippen molar-refractivity contribution < 1.29 is 9.59 Å². The third kappa shape index (κ3) is 7.01. The van der Waals surface area contributed by atoms with E-state index >= 15 is 0 Å². The van der Waals surface area contributed by atoms with Crippen molar-refractivity contribution in [2.75, 3.05) is 11.9 Å². The van der Waals surface area contributed by atoms with Crippen molar-refractivity contribution in [3.8, 4) is 0 Å². The average Bonchev–Trinajstić information content (AvgIpc) is 3.06. The minimum Gasteiger partial charge on any atom is -0.352 e. The van der Waals surface area contributed by atoms with Crippen molar-refractivity contribution in [1.82, 2.24) is 15.5 Å². The largest absolute Gasteiger partial charge is 0.352 e. The van der Waals surface area contributed by atoms with Gasteiger partial charge in [0.05, 0.1) is 0 Å². The van der Waals surface area contributed by atoms with Crippen LogP contribution in [0.2, 0.25) is 0 Å². The lowest BCUT2D eigenvalue weighted by Gasteiger charge is -2.05. The van der Waals surface area contributed by atoms with E-state index in [1.807, 2.05) is 18.2 Å². The van der Waals surface area contributed by atoms with Gasteiger partial charge in [-0.05, 0) is 25.0 Å². The van der Waals surface area contributed by atoms with E-state index in [1.165, 1.54) is 24.2 Å². The van der Waals surface area contributed by atoms with Gasteiger partial charge in [0.1, 0.15) is 5.01 Å². The Kier molecular flexibility index (Phi) is 8.04. The number of carbonyl (C=O) groups is 2. The number of aryl methyl sites for hydroxylation is 1. The molecule has 0 spiro atoms. The van der Waals surface area contributed by atoms with Gasteiger partial charge < -0.3 is 10.6 Å². The van der Waals surface area contributed by atoms with E-state index in [-0.39, 0.29) is 11.8 Å². The van der Waals surface area contributed by atoms with Gasteiger partial charge in [0.25, 0.3) is 5.91 Å². The predicted molar refractivity (Wildman–Crippen MR) is 99.8 cm³/mol. The number of nitrogens with zero attached hydrogens (tertiary/aromatic N) is 2. The number of anilines is 1. The monoisotopic (exact) mass is 360 g/mol. The van der Waals surface area contributed by atoms with E-state index in [4.69, 9.17) is 0 Å². The van der Waals surface area contributed by atoms with Crippen LogP contribution >= 0.6 is 11.3 Å². The molecule has 2 aromatic rings. The molecule has 1 heterocycles. The van der Waals surface area contributed by atoms with Crippen LogP contribution in [-0.4, -0.2) is 28.6 Å². The standard InChI is InChI=1S/C18H24N4O2S/c1-2-3-5-12-16-21-22-18(25-16)20-15(23)11-8-13-19-17(24)14-9-6-4-7-10-14/h4,6-7,9-10H,2-3,5,8,11-13H2,1H3,(H,19,24)(H,20,22,23). The first-order valence-corrected chi connectivity index (χ1v) is 9.46. The predicted octanol–water partition coefficient (Wildman–Crippen LogP) is 3.42. The number of benzene rings is 1. The van der Waals surface area contributed by atoms with Crippen molar-refractivity contribution >= 4 is 28.3 Å². The smallest absolute Gasteiger partial charge is 0.251 e. The van der Waals surface area contributed by atoms with Gasteiger partial charge in [-0.2, -0.15) is 0 Å². The fourth-order valence-corrected chi connectivity index (χ4v) is 3.05. The molecule has 0 saturated heterocycles. The Morgan fingerprint density at radius 2 is 1.88 bits per heavy atom. The van der Waals surface area contributed by atoms with Crippen LogP contribution in [0.3, 0.4) is 0 Å². The van der Waals surface area contributed by atoms with Gasteiger partial charge in [0.2, 0.25) is 11.0 Å². The molecule has 0 atom stereocenters. The van der Waals surface area contributed by atoms with Crippen molar-refractivity contribution in [2.24, 2.45) is 0 Å². The summed E-state index contributed by atoms with van der Waals surface area (Å²) < 4.78 is 0. The molecule has 0 aliphatic rings. The van der Waals surface area contributed by atoms with Crippen LogP contribution in [0.25, 0.3) is 0 Å². The van der Waals surface area contributed by atoms with E-state index in [1.54, 1.807) is 12.1 Å². The molecule has 2 N–H and O–H groups in total. The molecule has 2 amide bonds. The SMILES string of the molecule is CCCCCc1nnc(NC(=O)CCCNC(=O)c2ccccc2)s1. The lowest BCUT2D eigenvalue weighted by atomic mass is 10.2. The van der Waals surface area contributed by atoms with Gasteiger partial charge >= 0.3 is 0 Å². The summed E-state index contributed by atoms with van der Waals surface area (Å²) in [5.41, 5.74) is 0.622. The van der Waals surface area contributed by atoms with Crippen LogP contribution in [0, 0.1) is 0 Å². The maximum atomic E-state index is 11.9. The number of rotatable bonds is 10. The Bertz CT molecular complexity index is 673. The third-order valence-electron chi connectivity index (χ3n) is 3.61. The second-order valence-corrected chi connectivity index (χ2v) is 6.79. The summed E-state index contributed by atoms with van der Waals surface area (Å²) in [4.78, 5) is 23.8. The minimum absolute atomic E-state index is 0.106. The zero-order valence-corrected chi connectivity index (χ0v) is 15.3. The first-order chi connectivity index (χ1) is 12.2. The average molecular weight is 360 g/mol. The van der Waals surface area contributed by atoms with Gasteiger partial charge in [0, 0.05) is 24.9 Å². The van der Waals surface area contributed by atoms with Crippen LogP contribution in [0.4, 0.5) is 5.13 Å². The maximum absolute atomic E-state index is 11.9. The number of nitrogens with one attached hydrogen (secondary N) is 2. The van der Waals surface area contributed by atoms with E-state index in [9.17, 15) is 9.59 Å². The number of hydrogen-bond donors (Lipinski definition) is 2. The van der Waals surface area contributed by atoms with Crippen molar-refractivity contribution in [2.45, 2.75) is 45.4 Å². The second kappa shape index (κ2) is 10.6. The summed E-state index contributed by atoms with van der Waals surface area (Å²) in [5.74, 6) is -0.230.